The molecule has 3 rings (SSSR count). The minimum absolute atomic E-state index is 0.123. The molecule has 0 spiro atoms. The minimum Gasteiger partial charge on any atom is -0.376 e. The molecule has 1 unspecified atom stereocenters. The number of aliphatic imine (C=N–C) groups is 1. The van der Waals surface area contributed by atoms with E-state index in [0.717, 1.165) is 30.7 Å². The van der Waals surface area contributed by atoms with Crippen LogP contribution in [0, 0.1) is 20.8 Å². The molecule has 1 aliphatic rings. The number of rotatable bonds is 4. The van der Waals surface area contributed by atoms with E-state index in [2.05, 4.69) is 41.6 Å². The number of hydrogen-bond acceptors (Lipinski definition) is 3. The maximum Gasteiger partial charge on any atom is 0.257 e. The topological polar surface area (TPSA) is 62.7 Å². The Hall–Kier alpha value is -2.66. The Morgan fingerprint density at radius 2 is 1.89 bits per heavy atom. The fourth-order valence-corrected chi connectivity index (χ4v) is 2.93. The van der Waals surface area contributed by atoms with E-state index in [-0.39, 0.29) is 12.0 Å². The zero-order valence-corrected chi connectivity index (χ0v) is 16.2. The van der Waals surface area contributed by atoms with Crippen molar-refractivity contribution in [3.8, 4) is 0 Å². The number of amides is 1. The molecular weight excluding hydrogens is 338 g/mol. The van der Waals surface area contributed by atoms with Gasteiger partial charge in [-0.25, -0.2) is 4.99 Å². The molecule has 2 aromatic rings. The van der Waals surface area contributed by atoms with Crippen molar-refractivity contribution < 1.29 is 9.53 Å². The first-order valence-corrected chi connectivity index (χ1v) is 9.39. The lowest BCUT2D eigenvalue weighted by atomic mass is 10.1. The van der Waals surface area contributed by atoms with Gasteiger partial charge >= 0.3 is 0 Å². The van der Waals surface area contributed by atoms with Gasteiger partial charge in [0.15, 0.2) is 0 Å². The molecule has 0 radical (unpaired) electrons. The van der Waals surface area contributed by atoms with E-state index in [0.29, 0.717) is 18.1 Å². The summed E-state index contributed by atoms with van der Waals surface area (Å²) in [5.74, 6) is 0.261. The van der Waals surface area contributed by atoms with Crippen LogP contribution in [0.15, 0.2) is 47.5 Å². The van der Waals surface area contributed by atoms with Crippen LogP contribution in [0.3, 0.4) is 0 Å². The summed E-state index contributed by atoms with van der Waals surface area (Å²) in [6, 6.07) is 13.6. The van der Waals surface area contributed by atoms with E-state index < -0.39 is 0 Å². The summed E-state index contributed by atoms with van der Waals surface area (Å²) in [7, 11) is 0. The van der Waals surface area contributed by atoms with E-state index >= 15 is 0 Å². The van der Waals surface area contributed by atoms with E-state index in [1.807, 2.05) is 37.3 Å². The van der Waals surface area contributed by atoms with Crippen molar-refractivity contribution >= 4 is 17.6 Å². The highest BCUT2D eigenvalue weighted by Gasteiger charge is 2.16. The highest BCUT2D eigenvalue weighted by Crippen LogP contribution is 2.15. The molecule has 27 heavy (non-hydrogen) atoms. The van der Waals surface area contributed by atoms with Gasteiger partial charge in [-0.05, 0) is 69.0 Å². The van der Waals surface area contributed by atoms with Gasteiger partial charge in [-0.2, -0.15) is 0 Å². The molecule has 0 aromatic heterocycles. The third-order valence-electron chi connectivity index (χ3n) is 4.79. The van der Waals surface area contributed by atoms with Crippen LogP contribution in [0.4, 0.5) is 5.69 Å². The summed E-state index contributed by atoms with van der Waals surface area (Å²) in [5, 5.41) is 6.15. The maximum atomic E-state index is 12.6. The van der Waals surface area contributed by atoms with Gasteiger partial charge in [-0.15, -0.1) is 0 Å². The lowest BCUT2D eigenvalue weighted by molar-refractivity contribution is 0.0975. The van der Waals surface area contributed by atoms with Crippen molar-refractivity contribution in [1.82, 2.24) is 5.32 Å². The molecule has 5 nitrogen and oxygen atoms in total. The van der Waals surface area contributed by atoms with Gasteiger partial charge in [-0.1, -0.05) is 23.8 Å². The second kappa shape index (κ2) is 8.82. The molecule has 0 bridgehead atoms. The first kappa shape index (κ1) is 19.1. The Morgan fingerprint density at radius 3 is 2.56 bits per heavy atom. The van der Waals surface area contributed by atoms with Crippen LogP contribution >= 0.6 is 0 Å². The smallest absolute Gasteiger partial charge is 0.257 e. The van der Waals surface area contributed by atoms with Crippen LogP contribution in [0.1, 0.15) is 39.9 Å². The van der Waals surface area contributed by atoms with Crippen molar-refractivity contribution in [3.05, 3.63) is 64.7 Å². The quantitative estimate of drug-likeness (QED) is 0.636. The van der Waals surface area contributed by atoms with Gasteiger partial charge in [0, 0.05) is 17.9 Å². The molecule has 142 valence electrons. The van der Waals surface area contributed by atoms with E-state index in [9.17, 15) is 4.79 Å². The molecule has 1 fully saturated rings. The number of hydrogen-bond donors (Lipinski definition) is 2. The third kappa shape index (κ3) is 5.41. The third-order valence-corrected chi connectivity index (χ3v) is 4.79. The highest BCUT2D eigenvalue weighted by atomic mass is 16.5. The Morgan fingerprint density at radius 1 is 1.11 bits per heavy atom. The van der Waals surface area contributed by atoms with Gasteiger partial charge in [0.05, 0.1) is 12.6 Å². The molecule has 1 saturated heterocycles. The summed E-state index contributed by atoms with van der Waals surface area (Å²) in [5.41, 5.74) is 5.03. The zero-order chi connectivity index (χ0) is 19.2. The molecule has 1 heterocycles. The maximum absolute atomic E-state index is 12.6. The summed E-state index contributed by atoms with van der Waals surface area (Å²) in [4.78, 5) is 17.2. The molecule has 5 heteroatoms. The van der Waals surface area contributed by atoms with Crippen LogP contribution in [-0.4, -0.2) is 31.1 Å². The SMILES string of the molecule is Cc1ccc(C(=O)NC(=NCC2CCCO2)Nc2ccc(C)c(C)c2)cc1. The van der Waals surface area contributed by atoms with Crippen LogP contribution in [0.2, 0.25) is 0 Å². The first-order chi connectivity index (χ1) is 13.0. The average molecular weight is 365 g/mol. The summed E-state index contributed by atoms with van der Waals surface area (Å²) in [6.07, 6.45) is 2.19. The zero-order valence-electron chi connectivity index (χ0n) is 16.2. The molecule has 1 amide bonds. The number of ether oxygens (including phenoxy) is 1. The van der Waals surface area contributed by atoms with Gasteiger partial charge in [-0.3, -0.25) is 10.1 Å². The van der Waals surface area contributed by atoms with E-state index in [1.165, 1.54) is 11.1 Å². The number of guanidine groups is 1. The highest BCUT2D eigenvalue weighted by molar-refractivity contribution is 6.10. The molecule has 2 N–H and O–H groups in total. The largest absolute Gasteiger partial charge is 0.376 e. The number of carbonyl (C=O) groups is 1. The lowest BCUT2D eigenvalue weighted by Crippen LogP contribution is -2.36. The Kier molecular flexibility index (Phi) is 6.24. The second-order valence-corrected chi connectivity index (χ2v) is 7.07. The van der Waals surface area contributed by atoms with Crippen molar-refractivity contribution in [2.75, 3.05) is 18.5 Å². The van der Waals surface area contributed by atoms with E-state index in [1.54, 1.807) is 0 Å². The minimum atomic E-state index is -0.183. The second-order valence-electron chi connectivity index (χ2n) is 7.07. The first-order valence-electron chi connectivity index (χ1n) is 9.39. The summed E-state index contributed by atoms with van der Waals surface area (Å²) in [6.45, 7) is 7.45. The lowest BCUT2D eigenvalue weighted by Gasteiger charge is -2.14. The summed E-state index contributed by atoms with van der Waals surface area (Å²) >= 11 is 0. The van der Waals surface area contributed by atoms with Gasteiger partial charge in [0.2, 0.25) is 5.96 Å². The molecule has 0 aliphatic carbocycles. The number of anilines is 1. The number of benzene rings is 2. The molecular formula is C22H27N3O2. The van der Waals surface area contributed by atoms with Gasteiger partial charge in [0.1, 0.15) is 0 Å². The van der Waals surface area contributed by atoms with Crippen LogP contribution in [-0.2, 0) is 4.74 Å². The van der Waals surface area contributed by atoms with Crippen molar-refractivity contribution in [2.24, 2.45) is 4.99 Å². The van der Waals surface area contributed by atoms with Crippen LogP contribution in [0.25, 0.3) is 0 Å². The summed E-state index contributed by atoms with van der Waals surface area (Å²) < 4.78 is 5.64. The van der Waals surface area contributed by atoms with Crippen LogP contribution in [0.5, 0.6) is 0 Å². The Balaban J connectivity index is 1.75. The van der Waals surface area contributed by atoms with Crippen LogP contribution < -0.4 is 10.6 Å². The molecule has 1 aliphatic heterocycles. The Labute approximate surface area is 160 Å². The van der Waals surface area contributed by atoms with Gasteiger partial charge < -0.3 is 10.1 Å². The van der Waals surface area contributed by atoms with Gasteiger partial charge in [0.25, 0.3) is 5.91 Å². The number of nitrogens with one attached hydrogen (secondary N) is 2. The molecule has 2 aromatic carbocycles. The fraction of sp³-hybridized carbons (Fsp3) is 0.364. The fourth-order valence-electron chi connectivity index (χ4n) is 2.93. The predicted octanol–water partition coefficient (Wildman–Crippen LogP) is 3.99. The van der Waals surface area contributed by atoms with Crippen molar-refractivity contribution in [2.45, 2.75) is 39.7 Å². The standard InChI is InChI=1S/C22H27N3O2/c1-15-6-9-18(10-7-15)21(26)25-22(23-14-20-5-4-12-27-20)24-19-11-8-16(2)17(3)13-19/h6-11,13,20H,4-5,12,14H2,1-3H3,(H2,23,24,25,26). The van der Waals surface area contributed by atoms with Crippen molar-refractivity contribution in [1.29, 1.82) is 0 Å². The monoisotopic (exact) mass is 365 g/mol. The van der Waals surface area contributed by atoms with E-state index in [4.69, 9.17) is 4.74 Å². The Bertz CT molecular complexity index is 822. The number of aryl methyl sites for hydroxylation is 3. The average Bonchev–Trinajstić information content (AvgIpc) is 3.17. The van der Waals surface area contributed by atoms with Crippen molar-refractivity contribution in [3.63, 3.8) is 0 Å². The number of nitrogens with zero attached hydrogens (tertiary/aromatic N) is 1. The predicted molar refractivity (Wildman–Crippen MR) is 109 cm³/mol. The molecule has 1 atom stereocenters. The molecule has 0 saturated carbocycles. The normalized spacial score (nSPS) is 17.0. The number of carbonyl (C=O) groups excluding carboxylic acids is 1.